The monoisotopic (exact) mass is 567 g/mol. The van der Waals surface area contributed by atoms with Gasteiger partial charge in [0.25, 0.3) is 5.91 Å². The molecule has 1 aromatic rings. The second-order valence-corrected chi connectivity index (χ2v) is 11.2. The number of nitrogens with zero attached hydrogens (tertiary/aromatic N) is 3. The normalized spacial score (nSPS) is 26.9. The van der Waals surface area contributed by atoms with E-state index in [-0.39, 0.29) is 31.6 Å². The van der Waals surface area contributed by atoms with E-state index in [2.05, 4.69) is 31.9 Å². The van der Waals surface area contributed by atoms with Crippen molar-refractivity contribution in [2.75, 3.05) is 42.6 Å². The molecule has 3 fully saturated rings. The molecule has 224 valence electrons. The maximum absolute atomic E-state index is 14.5. The lowest BCUT2D eigenvalue weighted by atomic mass is 9.70. The summed E-state index contributed by atoms with van der Waals surface area (Å²) >= 11 is 0. The first-order valence-electron chi connectivity index (χ1n) is 14.9. The summed E-state index contributed by atoms with van der Waals surface area (Å²) in [5, 5.41) is 10.1. The van der Waals surface area contributed by atoms with Gasteiger partial charge in [-0.15, -0.1) is 13.2 Å². The van der Waals surface area contributed by atoms with Crippen LogP contribution in [0.3, 0.4) is 0 Å². The van der Waals surface area contributed by atoms with Gasteiger partial charge in [0.1, 0.15) is 11.6 Å². The number of carbonyl (C=O) groups is 3. The highest BCUT2D eigenvalue weighted by molar-refractivity contribution is 6.04. The van der Waals surface area contributed by atoms with E-state index in [0.717, 1.165) is 31.6 Å². The number of benzene rings is 1. The van der Waals surface area contributed by atoms with Crippen molar-refractivity contribution in [3.63, 3.8) is 0 Å². The number of unbranched alkanes of at least 4 members (excludes halogenated alkanes) is 2. The van der Waals surface area contributed by atoms with Crippen molar-refractivity contribution in [1.82, 2.24) is 4.90 Å². The number of esters is 1. The Morgan fingerprint density at radius 3 is 2.46 bits per heavy atom. The molecule has 9 heteroatoms. The van der Waals surface area contributed by atoms with Gasteiger partial charge in [-0.2, -0.15) is 0 Å². The molecule has 9 nitrogen and oxygen atoms in total. The van der Waals surface area contributed by atoms with E-state index in [9.17, 15) is 19.5 Å². The molecule has 2 amide bonds. The highest BCUT2D eigenvalue weighted by Gasteiger charge is 2.75. The third-order valence-electron chi connectivity index (χ3n) is 8.90. The van der Waals surface area contributed by atoms with Crippen molar-refractivity contribution < 1.29 is 29.0 Å². The topological polar surface area (TPSA) is 99.6 Å². The van der Waals surface area contributed by atoms with Crippen LogP contribution in [0.1, 0.15) is 52.9 Å². The number of fused-ring (bicyclic) bond motifs is 1. The summed E-state index contributed by atoms with van der Waals surface area (Å²) in [7, 11) is 0. The van der Waals surface area contributed by atoms with Crippen LogP contribution in [0, 0.1) is 11.8 Å². The van der Waals surface area contributed by atoms with Crippen molar-refractivity contribution in [3.05, 3.63) is 49.6 Å². The number of allylic oxidation sites excluding steroid dienone is 1. The molecule has 3 saturated heterocycles. The number of rotatable bonds is 15. The van der Waals surface area contributed by atoms with E-state index < -0.39 is 41.6 Å². The van der Waals surface area contributed by atoms with E-state index in [0.29, 0.717) is 24.9 Å². The van der Waals surface area contributed by atoms with Crippen LogP contribution in [-0.4, -0.2) is 84.4 Å². The highest BCUT2D eigenvalue weighted by atomic mass is 16.6. The summed E-state index contributed by atoms with van der Waals surface area (Å²) in [6.07, 6.45) is 6.45. The zero-order valence-electron chi connectivity index (χ0n) is 24.7. The van der Waals surface area contributed by atoms with Crippen molar-refractivity contribution in [2.45, 2.75) is 76.7 Å². The lowest BCUT2D eigenvalue weighted by Crippen LogP contribution is -2.58. The van der Waals surface area contributed by atoms with Crippen LogP contribution >= 0.6 is 0 Å². The van der Waals surface area contributed by atoms with Gasteiger partial charge in [0.15, 0.2) is 0 Å². The standard InChI is InChI=1S/C32H45N3O6/c1-6-10-11-12-20-40-31(39)26-25-17-18-32(41-25)27(26)29(37)35(22(5)21-36)28(32)30(38)34(19-7-2)24-15-13-23(14-16-24)33(8-3)9-4/h6-7,13-16,22,25-28,36H,1-2,8-12,17-21H2,3-5H3/t22-,25-,26+,27+,28?,32?/m1/s1. The van der Waals surface area contributed by atoms with Crippen molar-refractivity contribution in [1.29, 1.82) is 0 Å². The molecule has 0 radical (unpaired) electrons. The zero-order valence-corrected chi connectivity index (χ0v) is 24.7. The summed E-state index contributed by atoms with van der Waals surface area (Å²) in [5.74, 6) is -2.71. The average molecular weight is 568 g/mol. The molecule has 3 aliphatic heterocycles. The van der Waals surface area contributed by atoms with Gasteiger partial charge in [-0.1, -0.05) is 12.2 Å². The van der Waals surface area contributed by atoms with Crippen molar-refractivity contribution >= 4 is 29.2 Å². The van der Waals surface area contributed by atoms with Crippen LogP contribution < -0.4 is 9.80 Å². The summed E-state index contributed by atoms with van der Waals surface area (Å²) < 4.78 is 12.1. The highest BCUT2D eigenvalue weighted by Crippen LogP contribution is 2.59. The molecule has 2 bridgehead atoms. The minimum atomic E-state index is -1.16. The lowest BCUT2D eigenvalue weighted by molar-refractivity contribution is -0.155. The van der Waals surface area contributed by atoms with Gasteiger partial charge in [-0.05, 0) is 77.1 Å². The lowest BCUT2D eigenvalue weighted by Gasteiger charge is -2.38. The Labute approximate surface area is 243 Å². The SMILES string of the molecule is C=CCCCCOC(=O)[C@@H]1[C@H]2C(=O)N([C@H](C)CO)C(C(=O)N(CC=C)c3ccc(N(CC)CC)cc3)C23CC[C@H]1O3. The Balaban J connectivity index is 1.65. The predicted molar refractivity (Wildman–Crippen MR) is 159 cm³/mol. The molecule has 1 spiro atoms. The van der Waals surface area contributed by atoms with E-state index in [1.165, 1.54) is 4.90 Å². The van der Waals surface area contributed by atoms with Crippen molar-refractivity contribution in [3.8, 4) is 0 Å². The van der Waals surface area contributed by atoms with Crippen LogP contribution in [0.4, 0.5) is 11.4 Å². The Morgan fingerprint density at radius 2 is 1.85 bits per heavy atom. The average Bonchev–Trinajstić information content (AvgIpc) is 3.63. The largest absolute Gasteiger partial charge is 0.465 e. The molecular formula is C32H45N3O6. The minimum absolute atomic E-state index is 0.232. The second kappa shape index (κ2) is 13.2. The maximum Gasteiger partial charge on any atom is 0.312 e. The molecule has 6 atom stereocenters. The quantitative estimate of drug-likeness (QED) is 0.196. The summed E-state index contributed by atoms with van der Waals surface area (Å²) in [6.45, 7) is 15.4. The maximum atomic E-state index is 14.5. The molecule has 1 N–H and O–H groups in total. The number of amides is 2. The Bertz CT molecular complexity index is 1120. The van der Waals surface area contributed by atoms with E-state index in [4.69, 9.17) is 9.47 Å². The van der Waals surface area contributed by atoms with E-state index in [1.54, 1.807) is 17.9 Å². The molecule has 1 aromatic carbocycles. The third kappa shape index (κ3) is 5.54. The third-order valence-corrected chi connectivity index (χ3v) is 8.90. The fraction of sp³-hybridized carbons (Fsp3) is 0.594. The van der Waals surface area contributed by atoms with Gasteiger partial charge in [0.2, 0.25) is 5.91 Å². The van der Waals surface area contributed by atoms with E-state index >= 15 is 0 Å². The molecule has 2 unspecified atom stereocenters. The zero-order chi connectivity index (χ0) is 29.7. The molecule has 0 aliphatic carbocycles. The van der Waals surface area contributed by atoms with Crippen molar-refractivity contribution in [2.24, 2.45) is 11.8 Å². The number of anilines is 2. The van der Waals surface area contributed by atoms with Gasteiger partial charge < -0.3 is 29.3 Å². The second-order valence-electron chi connectivity index (χ2n) is 11.2. The van der Waals surface area contributed by atoms with Gasteiger partial charge in [0, 0.05) is 31.0 Å². The molecule has 41 heavy (non-hydrogen) atoms. The number of hydrogen-bond donors (Lipinski definition) is 1. The Hall–Kier alpha value is -3.17. The van der Waals surface area contributed by atoms with Gasteiger partial charge >= 0.3 is 5.97 Å². The Kier molecular flexibility index (Phi) is 9.92. The van der Waals surface area contributed by atoms with Gasteiger partial charge in [0.05, 0.1) is 37.2 Å². The molecule has 0 aromatic heterocycles. The summed E-state index contributed by atoms with van der Waals surface area (Å²) in [5.41, 5.74) is 0.575. The fourth-order valence-corrected chi connectivity index (χ4v) is 6.89. The first-order chi connectivity index (χ1) is 19.8. The molecular weight excluding hydrogens is 522 g/mol. The number of ether oxygens (including phenoxy) is 2. The number of aliphatic hydroxyl groups excluding tert-OH is 1. The molecule has 3 aliphatic rings. The minimum Gasteiger partial charge on any atom is -0.465 e. The van der Waals surface area contributed by atoms with Crippen LogP contribution in [-0.2, 0) is 23.9 Å². The smallest absolute Gasteiger partial charge is 0.312 e. The summed E-state index contributed by atoms with van der Waals surface area (Å²) in [6, 6.07) is 6.16. The first kappa shape index (κ1) is 30.8. The van der Waals surface area contributed by atoms with Crippen LogP contribution in [0.2, 0.25) is 0 Å². The molecule has 3 heterocycles. The van der Waals surface area contributed by atoms with Gasteiger partial charge in [-0.3, -0.25) is 14.4 Å². The van der Waals surface area contributed by atoms with Crippen LogP contribution in [0.25, 0.3) is 0 Å². The number of carbonyl (C=O) groups excluding carboxylic acids is 3. The Morgan fingerprint density at radius 1 is 1.17 bits per heavy atom. The first-order valence-corrected chi connectivity index (χ1v) is 14.9. The summed E-state index contributed by atoms with van der Waals surface area (Å²) in [4.78, 5) is 47.2. The number of hydrogen-bond acceptors (Lipinski definition) is 7. The number of likely N-dealkylation sites (tertiary alicyclic amines) is 1. The molecule has 4 rings (SSSR count). The molecule has 0 saturated carbocycles. The number of aliphatic hydroxyl groups is 1. The van der Waals surface area contributed by atoms with Gasteiger partial charge in [-0.25, -0.2) is 0 Å². The predicted octanol–water partition coefficient (Wildman–Crippen LogP) is 3.71. The van der Waals surface area contributed by atoms with Crippen LogP contribution in [0.5, 0.6) is 0 Å². The van der Waals surface area contributed by atoms with E-state index in [1.807, 2.05) is 30.3 Å². The fourth-order valence-electron chi connectivity index (χ4n) is 6.89. The van der Waals surface area contributed by atoms with Crippen LogP contribution in [0.15, 0.2) is 49.6 Å².